The van der Waals surface area contributed by atoms with Crippen LogP contribution in [0.3, 0.4) is 0 Å². The average molecular weight is 1110 g/mol. The van der Waals surface area contributed by atoms with Crippen molar-refractivity contribution in [2.24, 2.45) is 0 Å². The first-order valence-corrected chi connectivity index (χ1v) is 33.2. The van der Waals surface area contributed by atoms with Crippen LogP contribution < -0.4 is 0 Å². The molecule has 0 saturated carbocycles. The normalized spacial score (nSPS) is 13.0. The minimum Gasteiger partial charge on any atom is -0.462 e. The molecular formula is C74H122O6. The smallest absolute Gasteiger partial charge is 0.306 e. The topological polar surface area (TPSA) is 78.9 Å². The zero-order chi connectivity index (χ0) is 57.8. The van der Waals surface area contributed by atoms with E-state index in [1.165, 1.54) is 116 Å². The quantitative estimate of drug-likeness (QED) is 0.0261. The highest BCUT2D eigenvalue weighted by Crippen LogP contribution is 2.15. The Morgan fingerprint density at radius 2 is 0.487 bits per heavy atom. The molecule has 6 heteroatoms. The minimum absolute atomic E-state index is 0.0923. The van der Waals surface area contributed by atoms with Gasteiger partial charge in [-0.3, -0.25) is 14.4 Å². The summed E-state index contributed by atoms with van der Waals surface area (Å²) in [5.41, 5.74) is 0. The van der Waals surface area contributed by atoms with Crippen molar-refractivity contribution < 1.29 is 28.6 Å². The summed E-state index contributed by atoms with van der Waals surface area (Å²) in [6.45, 7) is 6.39. The summed E-state index contributed by atoms with van der Waals surface area (Å²) in [6, 6.07) is 0. The Balaban J connectivity index is 4.45. The summed E-state index contributed by atoms with van der Waals surface area (Å²) in [5.74, 6) is -0.913. The fraction of sp³-hybridized carbons (Fsp3) is 0.662. The molecule has 0 amide bonds. The molecule has 0 aromatic rings. The van der Waals surface area contributed by atoms with Crippen LogP contribution >= 0.6 is 0 Å². The number of ether oxygens (including phenoxy) is 3. The molecule has 0 fully saturated rings. The van der Waals surface area contributed by atoms with Crippen LogP contribution in [-0.2, 0) is 28.6 Å². The summed E-state index contributed by atoms with van der Waals surface area (Å²) in [6.07, 6.45) is 94.5. The van der Waals surface area contributed by atoms with Crippen molar-refractivity contribution in [2.75, 3.05) is 13.2 Å². The summed E-state index contributed by atoms with van der Waals surface area (Å²) >= 11 is 0. The van der Waals surface area contributed by atoms with Crippen LogP contribution in [0.15, 0.2) is 134 Å². The maximum absolute atomic E-state index is 12.9. The second-order valence-corrected chi connectivity index (χ2v) is 21.6. The standard InChI is InChI=1S/C74H122O6/c1-4-7-10-13-16-19-22-25-28-31-34-36-37-39-40-43-46-49-52-55-58-61-64-67-73(76)79-70-71(69-78-72(75)66-63-60-57-54-51-48-45-42-33-30-27-24-21-18-15-12-9-6-3)80-74(77)68-65-62-59-56-53-50-47-44-41-38-35-32-29-26-23-20-17-14-11-8-5-2/h7-8,10-11,16-17,19-21,24-26,28-30,33-36,38-40,71H,4-6,9,12-15,18,22-23,27,31-32,37,41-70H2,1-3H3/b10-7-,11-8-,19-16-,20-17-,24-21-,28-25-,29-26-,33-30-,36-34-,38-35-,40-39-. The van der Waals surface area contributed by atoms with E-state index in [-0.39, 0.29) is 31.1 Å². The van der Waals surface area contributed by atoms with Crippen LogP contribution in [0.25, 0.3) is 0 Å². The highest BCUT2D eigenvalue weighted by atomic mass is 16.6. The van der Waals surface area contributed by atoms with E-state index in [1.807, 2.05) is 0 Å². The molecule has 0 aromatic carbocycles. The van der Waals surface area contributed by atoms with Gasteiger partial charge in [-0.2, -0.15) is 0 Å². The first-order valence-electron chi connectivity index (χ1n) is 33.2. The summed E-state index contributed by atoms with van der Waals surface area (Å²) in [4.78, 5) is 38.4. The lowest BCUT2D eigenvalue weighted by molar-refractivity contribution is -0.167. The maximum Gasteiger partial charge on any atom is 0.306 e. The van der Waals surface area contributed by atoms with Gasteiger partial charge in [0.25, 0.3) is 0 Å². The van der Waals surface area contributed by atoms with Crippen LogP contribution in [0.4, 0.5) is 0 Å². The summed E-state index contributed by atoms with van der Waals surface area (Å²) in [5, 5.41) is 0. The van der Waals surface area contributed by atoms with Crippen molar-refractivity contribution in [3.63, 3.8) is 0 Å². The third-order valence-electron chi connectivity index (χ3n) is 13.9. The zero-order valence-electron chi connectivity index (χ0n) is 52.0. The van der Waals surface area contributed by atoms with Gasteiger partial charge in [0.2, 0.25) is 0 Å². The van der Waals surface area contributed by atoms with Gasteiger partial charge < -0.3 is 14.2 Å². The van der Waals surface area contributed by atoms with Crippen LogP contribution in [0.2, 0.25) is 0 Å². The second kappa shape index (κ2) is 67.1. The van der Waals surface area contributed by atoms with E-state index in [1.54, 1.807) is 0 Å². The number of hydrogen-bond acceptors (Lipinski definition) is 6. The third kappa shape index (κ3) is 64.4. The molecule has 0 aliphatic rings. The van der Waals surface area contributed by atoms with E-state index in [4.69, 9.17) is 14.2 Å². The minimum atomic E-state index is -0.798. The van der Waals surface area contributed by atoms with Gasteiger partial charge in [0, 0.05) is 19.3 Å². The maximum atomic E-state index is 12.9. The predicted molar refractivity (Wildman–Crippen MR) is 348 cm³/mol. The SMILES string of the molecule is CC/C=C\C/C=C\C/C=C\C/C=C\C/C=C\CCCCCCCCCC(=O)OCC(COC(=O)CCCCCCCCC/C=C\C/C=C\CCCCCC)OC(=O)CCCCCCCCCC/C=C\C/C=C\C/C=C\C/C=C\CC. The number of rotatable bonds is 59. The van der Waals surface area contributed by atoms with Gasteiger partial charge in [-0.1, -0.05) is 276 Å². The van der Waals surface area contributed by atoms with E-state index in [0.717, 1.165) is 141 Å². The molecule has 0 bridgehead atoms. The zero-order valence-corrected chi connectivity index (χ0v) is 52.0. The van der Waals surface area contributed by atoms with Gasteiger partial charge in [-0.15, -0.1) is 0 Å². The molecular weight excluding hydrogens is 985 g/mol. The van der Waals surface area contributed by atoms with Gasteiger partial charge in [0.05, 0.1) is 0 Å². The average Bonchev–Trinajstić information content (AvgIpc) is 3.46. The molecule has 0 aliphatic carbocycles. The van der Waals surface area contributed by atoms with Gasteiger partial charge in [-0.25, -0.2) is 0 Å². The molecule has 0 aromatic heterocycles. The Morgan fingerprint density at radius 1 is 0.263 bits per heavy atom. The van der Waals surface area contributed by atoms with E-state index in [0.29, 0.717) is 19.3 Å². The molecule has 80 heavy (non-hydrogen) atoms. The number of carbonyl (C=O) groups is 3. The lowest BCUT2D eigenvalue weighted by atomic mass is 10.1. The van der Waals surface area contributed by atoms with Gasteiger partial charge in [0.15, 0.2) is 6.10 Å². The molecule has 0 rings (SSSR count). The molecule has 454 valence electrons. The summed E-state index contributed by atoms with van der Waals surface area (Å²) < 4.78 is 17.0. The number of hydrogen-bond donors (Lipinski definition) is 0. The lowest BCUT2D eigenvalue weighted by Crippen LogP contribution is -2.30. The number of unbranched alkanes of at least 4 members (excludes halogenated alkanes) is 26. The van der Waals surface area contributed by atoms with E-state index in [2.05, 4.69) is 154 Å². The molecule has 1 unspecified atom stereocenters. The van der Waals surface area contributed by atoms with E-state index < -0.39 is 6.10 Å². The van der Waals surface area contributed by atoms with Gasteiger partial charge in [0.1, 0.15) is 13.2 Å². The summed E-state index contributed by atoms with van der Waals surface area (Å²) in [7, 11) is 0. The van der Waals surface area contributed by atoms with Crippen LogP contribution in [0.5, 0.6) is 0 Å². The van der Waals surface area contributed by atoms with Crippen molar-refractivity contribution in [1.82, 2.24) is 0 Å². The van der Waals surface area contributed by atoms with Crippen LogP contribution in [0.1, 0.15) is 297 Å². The lowest BCUT2D eigenvalue weighted by Gasteiger charge is -2.18. The highest BCUT2D eigenvalue weighted by Gasteiger charge is 2.19. The largest absolute Gasteiger partial charge is 0.462 e. The molecule has 1 atom stereocenters. The molecule has 0 aliphatic heterocycles. The van der Waals surface area contributed by atoms with Crippen LogP contribution in [0, 0.1) is 0 Å². The van der Waals surface area contributed by atoms with Crippen molar-refractivity contribution >= 4 is 17.9 Å². The molecule has 0 N–H and O–H groups in total. The Morgan fingerprint density at radius 3 is 0.762 bits per heavy atom. The van der Waals surface area contributed by atoms with Gasteiger partial charge in [-0.05, 0) is 135 Å². The fourth-order valence-electron chi connectivity index (χ4n) is 8.96. The number of esters is 3. The molecule has 6 nitrogen and oxygen atoms in total. The second-order valence-electron chi connectivity index (χ2n) is 21.6. The fourth-order valence-corrected chi connectivity index (χ4v) is 8.96. The number of allylic oxidation sites excluding steroid dienone is 22. The molecule has 0 saturated heterocycles. The first-order chi connectivity index (χ1) is 39.5. The number of carbonyl (C=O) groups excluding carboxylic acids is 3. The molecule has 0 heterocycles. The Hall–Kier alpha value is -4.45. The van der Waals surface area contributed by atoms with Crippen molar-refractivity contribution in [3.05, 3.63) is 134 Å². The van der Waals surface area contributed by atoms with Crippen molar-refractivity contribution in [1.29, 1.82) is 0 Å². The molecule has 0 spiro atoms. The Labute approximate surface area is 494 Å². The Bertz CT molecular complexity index is 1700. The molecule has 0 radical (unpaired) electrons. The van der Waals surface area contributed by atoms with E-state index in [9.17, 15) is 14.4 Å². The highest BCUT2D eigenvalue weighted by molar-refractivity contribution is 5.71. The third-order valence-corrected chi connectivity index (χ3v) is 13.9. The van der Waals surface area contributed by atoms with Crippen molar-refractivity contribution in [3.8, 4) is 0 Å². The monoisotopic (exact) mass is 1110 g/mol. The van der Waals surface area contributed by atoms with Crippen molar-refractivity contribution in [2.45, 2.75) is 303 Å². The van der Waals surface area contributed by atoms with E-state index >= 15 is 0 Å². The van der Waals surface area contributed by atoms with Gasteiger partial charge >= 0.3 is 17.9 Å². The van der Waals surface area contributed by atoms with Crippen LogP contribution in [-0.4, -0.2) is 37.2 Å². The first kappa shape index (κ1) is 75.5. The predicted octanol–water partition coefficient (Wildman–Crippen LogP) is 22.9. The Kier molecular flexibility index (Phi) is 63.3.